The number of carbonyl (C=O) groups excluding carboxylic acids is 2. The molecule has 1 N–H and O–H groups in total. The van der Waals surface area contributed by atoms with Crippen molar-refractivity contribution in [3.05, 3.63) is 52.1 Å². The molecule has 0 aliphatic heterocycles. The van der Waals surface area contributed by atoms with Crippen molar-refractivity contribution in [2.24, 2.45) is 0 Å². The minimum absolute atomic E-state index is 0.0712. The molecule has 1 aromatic heterocycles. The summed E-state index contributed by atoms with van der Waals surface area (Å²) in [6.07, 6.45) is 0. The lowest BCUT2D eigenvalue weighted by Gasteiger charge is -2.07. The molecule has 1 aromatic carbocycles. The monoisotopic (exact) mass is 385 g/mol. The van der Waals surface area contributed by atoms with Gasteiger partial charge in [0, 0.05) is 0 Å². The number of esters is 1. The van der Waals surface area contributed by atoms with Gasteiger partial charge in [-0.15, -0.1) is 0 Å². The highest BCUT2D eigenvalue weighted by Gasteiger charge is 2.13. The fraction of sp³-hybridized carbons (Fsp3) is 0.200. The van der Waals surface area contributed by atoms with E-state index in [1.165, 1.54) is 25.3 Å². The van der Waals surface area contributed by atoms with Gasteiger partial charge in [-0.3, -0.25) is 9.59 Å². The van der Waals surface area contributed by atoms with Gasteiger partial charge in [0.25, 0.3) is 5.91 Å². The van der Waals surface area contributed by atoms with Crippen molar-refractivity contribution in [3.63, 3.8) is 0 Å². The number of rotatable bonds is 6. The summed E-state index contributed by atoms with van der Waals surface area (Å²) < 4.78 is 28.7. The zero-order chi connectivity index (χ0) is 16.8. The van der Waals surface area contributed by atoms with Crippen LogP contribution in [0.15, 0.2) is 39.4 Å². The quantitative estimate of drug-likeness (QED) is 0.773. The van der Waals surface area contributed by atoms with E-state index in [1.54, 1.807) is 12.1 Å². The number of furan rings is 1. The third kappa shape index (κ3) is 4.82. The van der Waals surface area contributed by atoms with E-state index < -0.39 is 17.7 Å². The third-order valence-corrected chi connectivity index (χ3v) is 3.23. The number of nitrogens with one attached hydrogen (secondary N) is 1. The summed E-state index contributed by atoms with van der Waals surface area (Å²) >= 11 is 3.07. The molecular weight excluding hydrogens is 373 g/mol. The fourth-order valence-corrected chi connectivity index (χ4v) is 2.00. The second kappa shape index (κ2) is 7.77. The summed E-state index contributed by atoms with van der Waals surface area (Å²) in [4.78, 5) is 23.2. The molecule has 0 aliphatic carbocycles. The summed E-state index contributed by atoms with van der Waals surface area (Å²) in [5, 5.41) is 2.36. The van der Waals surface area contributed by atoms with E-state index in [0.717, 1.165) is 0 Å². The number of hydrogen-bond acceptors (Lipinski definition) is 5. The van der Waals surface area contributed by atoms with E-state index in [2.05, 4.69) is 21.2 Å². The number of carbonyl (C=O) groups is 2. The normalized spacial score (nSPS) is 10.2. The molecular formula is C15H13BrFNO5. The van der Waals surface area contributed by atoms with Crippen molar-refractivity contribution >= 4 is 27.8 Å². The van der Waals surface area contributed by atoms with Gasteiger partial charge in [0.05, 0.1) is 7.11 Å². The van der Waals surface area contributed by atoms with Crippen LogP contribution in [0.4, 0.5) is 4.39 Å². The summed E-state index contributed by atoms with van der Waals surface area (Å²) in [6, 6.07) is 7.25. The van der Waals surface area contributed by atoms with Crippen LogP contribution in [0.2, 0.25) is 0 Å². The second-order valence-electron chi connectivity index (χ2n) is 4.42. The van der Waals surface area contributed by atoms with Gasteiger partial charge in [-0.2, -0.15) is 0 Å². The van der Waals surface area contributed by atoms with E-state index in [4.69, 9.17) is 13.9 Å². The SMILES string of the molecule is COc1ccc(COC(=O)CNC(=O)c2ccc(Br)o2)cc1F. The van der Waals surface area contributed by atoms with Crippen molar-refractivity contribution in [2.75, 3.05) is 13.7 Å². The van der Waals surface area contributed by atoms with Crippen LogP contribution < -0.4 is 10.1 Å². The van der Waals surface area contributed by atoms with E-state index in [-0.39, 0.29) is 24.7 Å². The molecule has 0 radical (unpaired) electrons. The Kier molecular flexibility index (Phi) is 5.75. The van der Waals surface area contributed by atoms with Crippen LogP contribution in [-0.4, -0.2) is 25.5 Å². The van der Waals surface area contributed by atoms with E-state index in [9.17, 15) is 14.0 Å². The van der Waals surface area contributed by atoms with E-state index >= 15 is 0 Å². The topological polar surface area (TPSA) is 77.8 Å². The van der Waals surface area contributed by atoms with Crippen LogP contribution in [-0.2, 0) is 16.1 Å². The molecule has 0 spiro atoms. The number of methoxy groups -OCH3 is 1. The Balaban J connectivity index is 1.79. The average Bonchev–Trinajstić information content (AvgIpc) is 2.97. The predicted octanol–water partition coefficient (Wildman–Crippen LogP) is 2.66. The maximum Gasteiger partial charge on any atom is 0.325 e. The van der Waals surface area contributed by atoms with Crippen LogP contribution in [0.5, 0.6) is 5.75 Å². The van der Waals surface area contributed by atoms with Crippen molar-refractivity contribution in [3.8, 4) is 5.75 Å². The first kappa shape index (κ1) is 17.0. The summed E-state index contributed by atoms with van der Waals surface area (Å²) in [5.41, 5.74) is 0.470. The average molecular weight is 386 g/mol. The van der Waals surface area contributed by atoms with Crippen LogP contribution in [0.1, 0.15) is 16.1 Å². The van der Waals surface area contributed by atoms with Gasteiger partial charge in [-0.05, 0) is 45.8 Å². The first-order chi connectivity index (χ1) is 11.0. The number of amides is 1. The standard InChI is InChI=1S/C15H13BrFNO5/c1-21-11-3-2-9(6-10(11)17)8-22-14(19)7-18-15(20)12-4-5-13(16)23-12/h2-6H,7-8H2,1H3,(H,18,20). The largest absolute Gasteiger partial charge is 0.494 e. The van der Waals surface area contributed by atoms with Gasteiger partial charge in [0.15, 0.2) is 22.0 Å². The highest BCUT2D eigenvalue weighted by atomic mass is 79.9. The minimum atomic E-state index is -0.653. The Morgan fingerprint density at radius 1 is 1.30 bits per heavy atom. The van der Waals surface area contributed by atoms with Gasteiger partial charge in [0.1, 0.15) is 13.2 Å². The highest BCUT2D eigenvalue weighted by Crippen LogP contribution is 2.18. The summed E-state index contributed by atoms with van der Waals surface area (Å²) in [5.74, 6) is -1.56. The van der Waals surface area contributed by atoms with Crippen LogP contribution in [0.3, 0.4) is 0 Å². The first-order valence-corrected chi connectivity index (χ1v) is 7.30. The zero-order valence-electron chi connectivity index (χ0n) is 12.1. The lowest BCUT2D eigenvalue weighted by molar-refractivity contribution is -0.143. The molecule has 6 nitrogen and oxygen atoms in total. The molecule has 0 bridgehead atoms. The van der Waals surface area contributed by atoms with E-state index in [1.807, 2.05) is 0 Å². The molecule has 2 aromatic rings. The maximum atomic E-state index is 13.5. The fourth-order valence-electron chi connectivity index (χ4n) is 1.69. The molecule has 0 saturated heterocycles. The smallest absolute Gasteiger partial charge is 0.325 e. The molecule has 0 unspecified atom stereocenters. The Morgan fingerprint density at radius 2 is 2.09 bits per heavy atom. The first-order valence-electron chi connectivity index (χ1n) is 6.51. The Bertz CT molecular complexity index is 716. The number of ether oxygens (including phenoxy) is 2. The summed E-state index contributed by atoms with van der Waals surface area (Å²) in [7, 11) is 1.36. The van der Waals surface area contributed by atoms with Crippen LogP contribution in [0.25, 0.3) is 0 Å². The Morgan fingerprint density at radius 3 is 2.70 bits per heavy atom. The zero-order valence-corrected chi connectivity index (χ0v) is 13.7. The molecule has 0 aliphatic rings. The van der Waals surface area contributed by atoms with Gasteiger partial charge >= 0.3 is 5.97 Å². The molecule has 0 atom stereocenters. The maximum absolute atomic E-state index is 13.5. The molecule has 122 valence electrons. The van der Waals surface area contributed by atoms with Gasteiger partial charge in [-0.1, -0.05) is 6.07 Å². The molecule has 8 heteroatoms. The second-order valence-corrected chi connectivity index (χ2v) is 5.20. The van der Waals surface area contributed by atoms with Gasteiger partial charge < -0.3 is 19.2 Å². The summed E-state index contributed by atoms with van der Waals surface area (Å²) in [6.45, 7) is -0.433. The third-order valence-electron chi connectivity index (χ3n) is 2.81. The molecule has 2 rings (SSSR count). The molecule has 1 amide bonds. The molecule has 0 saturated carbocycles. The van der Waals surface area contributed by atoms with E-state index in [0.29, 0.717) is 10.2 Å². The van der Waals surface area contributed by atoms with Gasteiger partial charge in [-0.25, -0.2) is 4.39 Å². The van der Waals surface area contributed by atoms with Crippen LogP contribution >= 0.6 is 15.9 Å². The minimum Gasteiger partial charge on any atom is -0.494 e. The predicted molar refractivity (Wildman–Crippen MR) is 81.5 cm³/mol. The number of hydrogen-bond donors (Lipinski definition) is 1. The van der Waals surface area contributed by atoms with Crippen molar-refractivity contribution < 1.29 is 27.9 Å². The number of halogens is 2. The Labute approximate surface area is 139 Å². The highest BCUT2D eigenvalue weighted by molar-refractivity contribution is 9.10. The van der Waals surface area contributed by atoms with Crippen molar-refractivity contribution in [2.45, 2.75) is 6.61 Å². The van der Waals surface area contributed by atoms with Gasteiger partial charge in [0.2, 0.25) is 0 Å². The van der Waals surface area contributed by atoms with Crippen molar-refractivity contribution in [1.82, 2.24) is 5.32 Å². The molecule has 1 heterocycles. The Hall–Kier alpha value is -2.35. The van der Waals surface area contributed by atoms with Crippen LogP contribution in [0, 0.1) is 5.82 Å². The van der Waals surface area contributed by atoms with Crippen molar-refractivity contribution in [1.29, 1.82) is 0 Å². The number of benzene rings is 1. The lowest BCUT2D eigenvalue weighted by Crippen LogP contribution is -2.30. The molecule has 0 fully saturated rings. The molecule has 23 heavy (non-hydrogen) atoms. The lowest BCUT2D eigenvalue weighted by atomic mass is 10.2.